The maximum atomic E-state index is 13.5. The van der Waals surface area contributed by atoms with E-state index in [1.165, 1.54) is 12.8 Å². The van der Waals surface area contributed by atoms with Crippen LogP contribution in [0.15, 0.2) is 18.2 Å². The van der Waals surface area contributed by atoms with Crippen molar-refractivity contribution >= 4 is 0 Å². The molecule has 0 radical (unpaired) electrons. The van der Waals surface area contributed by atoms with Crippen LogP contribution in [0, 0.1) is 12.7 Å². The second-order valence-electron chi connectivity index (χ2n) is 5.97. The maximum Gasteiger partial charge on any atom is 0.126 e. The van der Waals surface area contributed by atoms with E-state index >= 15 is 0 Å². The smallest absolute Gasteiger partial charge is 0.126 e. The van der Waals surface area contributed by atoms with Crippen LogP contribution in [0.2, 0.25) is 0 Å². The van der Waals surface area contributed by atoms with Crippen molar-refractivity contribution in [1.29, 1.82) is 0 Å². The van der Waals surface area contributed by atoms with E-state index < -0.39 is 0 Å². The molecule has 0 aromatic heterocycles. The zero-order valence-corrected chi connectivity index (χ0v) is 13.0. The molecule has 0 heterocycles. The van der Waals surface area contributed by atoms with Crippen LogP contribution in [0.25, 0.3) is 0 Å². The van der Waals surface area contributed by atoms with Crippen molar-refractivity contribution in [3.8, 4) is 0 Å². The molecule has 1 aromatic rings. The molecule has 2 rings (SSSR count). The third-order valence-corrected chi connectivity index (χ3v) is 4.98. The number of hydrogen-bond acceptors (Lipinski definition) is 2. The van der Waals surface area contributed by atoms with Crippen LogP contribution in [0.4, 0.5) is 4.39 Å². The Bertz CT molecular complexity index is 448. The zero-order valence-electron chi connectivity index (χ0n) is 13.0. The van der Waals surface area contributed by atoms with Gasteiger partial charge in [0.1, 0.15) is 5.82 Å². The van der Waals surface area contributed by atoms with Crippen molar-refractivity contribution < 1.29 is 4.39 Å². The Morgan fingerprint density at radius 3 is 2.35 bits per heavy atom. The first-order valence-corrected chi connectivity index (χ1v) is 7.82. The molecule has 1 aliphatic rings. The number of likely N-dealkylation sites (N-methyl/N-ethyl adjacent to an activating group) is 1. The fourth-order valence-electron chi connectivity index (χ4n) is 3.84. The van der Waals surface area contributed by atoms with Gasteiger partial charge in [0, 0.05) is 11.6 Å². The first kappa shape index (κ1) is 15.5. The molecule has 2 nitrogen and oxygen atoms in total. The Morgan fingerprint density at radius 2 is 1.85 bits per heavy atom. The molecule has 1 atom stereocenters. The number of halogens is 1. The SMILES string of the molecule is CCN(CC)C1(C(N)c2ccc(F)c(C)c2)CCCC1. The predicted octanol–water partition coefficient (Wildman–Crippen LogP) is 3.79. The molecule has 3 heteroatoms. The molecule has 1 aromatic carbocycles. The number of benzene rings is 1. The highest BCUT2D eigenvalue weighted by atomic mass is 19.1. The summed E-state index contributed by atoms with van der Waals surface area (Å²) < 4.78 is 13.5. The molecule has 1 unspecified atom stereocenters. The van der Waals surface area contributed by atoms with Crippen molar-refractivity contribution in [2.45, 2.75) is 58.0 Å². The summed E-state index contributed by atoms with van der Waals surface area (Å²) in [7, 11) is 0. The number of hydrogen-bond donors (Lipinski definition) is 1. The lowest BCUT2D eigenvalue weighted by Crippen LogP contribution is -2.53. The predicted molar refractivity (Wildman–Crippen MR) is 82.2 cm³/mol. The van der Waals surface area contributed by atoms with Gasteiger partial charge >= 0.3 is 0 Å². The van der Waals surface area contributed by atoms with Gasteiger partial charge in [0.25, 0.3) is 0 Å². The van der Waals surface area contributed by atoms with Crippen molar-refractivity contribution in [3.63, 3.8) is 0 Å². The lowest BCUT2D eigenvalue weighted by atomic mass is 9.82. The van der Waals surface area contributed by atoms with Gasteiger partial charge in [-0.2, -0.15) is 0 Å². The second-order valence-corrected chi connectivity index (χ2v) is 5.97. The van der Waals surface area contributed by atoms with Crippen LogP contribution in [0.5, 0.6) is 0 Å². The van der Waals surface area contributed by atoms with Crippen LogP contribution in [0.1, 0.15) is 56.7 Å². The molecule has 2 N–H and O–H groups in total. The molecular formula is C17H27FN2. The standard InChI is InChI=1S/C17H27FN2/c1-4-20(5-2)17(10-6-7-11-17)16(19)14-8-9-15(18)13(3)12-14/h8-9,12,16H,4-7,10-11,19H2,1-3H3. The van der Waals surface area contributed by atoms with Crippen molar-refractivity contribution in [2.24, 2.45) is 5.73 Å². The van der Waals surface area contributed by atoms with Crippen molar-refractivity contribution in [3.05, 3.63) is 35.1 Å². The summed E-state index contributed by atoms with van der Waals surface area (Å²) in [4.78, 5) is 2.50. The van der Waals surface area contributed by atoms with E-state index in [1.54, 1.807) is 6.07 Å². The van der Waals surface area contributed by atoms with Crippen molar-refractivity contribution in [1.82, 2.24) is 4.90 Å². The Kier molecular flexibility index (Phi) is 4.82. The molecule has 20 heavy (non-hydrogen) atoms. The molecular weight excluding hydrogens is 251 g/mol. The number of nitrogens with zero attached hydrogens (tertiary/aromatic N) is 1. The molecule has 1 fully saturated rings. The maximum absolute atomic E-state index is 13.5. The summed E-state index contributed by atoms with van der Waals surface area (Å²) in [6, 6.07) is 5.29. The summed E-state index contributed by atoms with van der Waals surface area (Å²) in [6.45, 7) is 8.25. The number of aryl methyl sites for hydroxylation is 1. The first-order chi connectivity index (χ1) is 9.55. The third-order valence-electron chi connectivity index (χ3n) is 4.98. The lowest BCUT2D eigenvalue weighted by molar-refractivity contribution is 0.0770. The van der Waals surface area contributed by atoms with Gasteiger partial charge in [-0.1, -0.05) is 38.8 Å². The van der Waals surface area contributed by atoms with Gasteiger partial charge in [0.05, 0.1) is 0 Å². The average Bonchev–Trinajstić information content (AvgIpc) is 2.93. The van der Waals surface area contributed by atoms with Gasteiger partial charge in [-0.05, 0) is 50.0 Å². The average molecular weight is 278 g/mol. The van der Waals surface area contributed by atoms with Crippen LogP contribution in [-0.2, 0) is 0 Å². The van der Waals surface area contributed by atoms with Crippen LogP contribution in [0.3, 0.4) is 0 Å². The van der Waals surface area contributed by atoms with Crippen molar-refractivity contribution in [2.75, 3.05) is 13.1 Å². The minimum absolute atomic E-state index is 0.0378. The van der Waals surface area contributed by atoms with E-state index in [2.05, 4.69) is 18.7 Å². The van der Waals surface area contributed by atoms with E-state index in [-0.39, 0.29) is 17.4 Å². The van der Waals surface area contributed by atoms with Gasteiger partial charge in [0.15, 0.2) is 0 Å². The Labute approximate surface area is 122 Å². The molecule has 0 spiro atoms. The Balaban J connectivity index is 2.35. The fourth-order valence-corrected chi connectivity index (χ4v) is 3.84. The van der Waals surface area contributed by atoms with E-state index in [1.807, 2.05) is 19.1 Å². The van der Waals surface area contributed by atoms with Gasteiger partial charge in [-0.15, -0.1) is 0 Å². The highest BCUT2D eigenvalue weighted by Crippen LogP contribution is 2.43. The topological polar surface area (TPSA) is 29.3 Å². The number of rotatable bonds is 5. The quantitative estimate of drug-likeness (QED) is 0.888. The van der Waals surface area contributed by atoms with E-state index in [0.717, 1.165) is 31.5 Å². The summed E-state index contributed by atoms with van der Waals surface area (Å²) in [5, 5.41) is 0. The summed E-state index contributed by atoms with van der Waals surface area (Å²) in [5.41, 5.74) is 8.44. The minimum Gasteiger partial charge on any atom is -0.322 e. The van der Waals surface area contributed by atoms with Gasteiger partial charge < -0.3 is 5.73 Å². The molecule has 0 aliphatic heterocycles. The van der Waals surface area contributed by atoms with Crippen LogP contribution >= 0.6 is 0 Å². The van der Waals surface area contributed by atoms with Gasteiger partial charge in [-0.25, -0.2) is 4.39 Å². The fraction of sp³-hybridized carbons (Fsp3) is 0.647. The number of nitrogens with two attached hydrogens (primary N) is 1. The van der Waals surface area contributed by atoms with E-state index in [0.29, 0.717) is 5.56 Å². The van der Waals surface area contributed by atoms with Crippen LogP contribution < -0.4 is 5.73 Å². The van der Waals surface area contributed by atoms with E-state index in [9.17, 15) is 4.39 Å². The normalized spacial score (nSPS) is 19.5. The lowest BCUT2D eigenvalue weighted by Gasteiger charge is -2.45. The largest absolute Gasteiger partial charge is 0.322 e. The molecule has 112 valence electrons. The van der Waals surface area contributed by atoms with Gasteiger partial charge in [0.2, 0.25) is 0 Å². The highest BCUT2D eigenvalue weighted by Gasteiger charge is 2.43. The monoisotopic (exact) mass is 278 g/mol. The Hall–Kier alpha value is -0.930. The molecule has 1 aliphatic carbocycles. The molecule has 0 amide bonds. The van der Waals surface area contributed by atoms with Crippen LogP contribution in [-0.4, -0.2) is 23.5 Å². The summed E-state index contributed by atoms with van der Waals surface area (Å²) in [6.07, 6.45) is 4.77. The first-order valence-electron chi connectivity index (χ1n) is 7.82. The van der Waals surface area contributed by atoms with Gasteiger partial charge in [-0.3, -0.25) is 4.90 Å². The molecule has 0 saturated heterocycles. The summed E-state index contributed by atoms with van der Waals surface area (Å²) >= 11 is 0. The minimum atomic E-state index is -0.149. The summed E-state index contributed by atoms with van der Waals surface area (Å²) in [5.74, 6) is -0.149. The highest BCUT2D eigenvalue weighted by molar-refractivity contribution is 5.29. The zero-order chi connectivity index (χ0) is 14.8. The Morgan fingerprint density at radius 1 is 1.25 bits per heavy atom. The second kappa shape index (κ2) is 6.23. The molecule has 1 saturated carbocycles. The van der Waals surface area contributed by atoms with E-state index in [4.69, 9.17) is 5.73 Å². The third kappa shape index (κ3) is 2.61. The molecule has 0 bridgehead atoms.